The van der Waals surface area contributed by atoms with Crippen LogP contribution < -0.4 is 0 Å². The van der Waals surface area contributed by atoms with Crippen LogP contribution in [0.2, 0.25) is 0 Å². The number of nitrogens with zero attached hydrogens (tertiary/aromatic N) is 1. The van der Waals surface area contributed by atoms with Gasteiger partial charge in [-0.25, -0.2) is 13.8 Å². The molecule has 0 aliphatic heterocycles. The molecule has 1 N–H and O–H groups in total. The predicted molar refractivity (Wildman–Crippen MR) is 57.1 cm³/mol. The van der Waals surface area contributed by atoms with Gasteiger partial charge in [0, 0.05) is 5.92 Å². The molecular formula is C12H12F2N2. The van der Waals surface area contributed by atoms with Gasteiger partial charge in [0.25, 0.3) is 0 Å². The van der Waals surface area contributed by atoms with Crippen molar-refractivity contribution < 1.29 is 8.78 Å². The number of aromatic nitrogens is 2. The van der Waals surface area contributed by atoms with Crippen LogP contribution in [-0.2, 0) is 0 Å². The van der Waals surface area contributed by atoms with Crippen molar-refractivity contribution in [3.8, 4) is 0 Å². The first-order chi connectivity index (χ1) is 7.49. The van der Waals surface area contributed by atoms with E-state index in [4.69, 9.17) is 0 Å². The van der Waals surface area contributed by atoms with Crippen LogP contribution in [0.1, 0.15) is 32.0 Å². The molecule has 1 heterocycles. The van der Waals surface area contributed by atoms with E-state index in [1.54, 1.807) is 0 Å². The number of fused-ring (bicyclic) bond motifs is 1. The number of hydrogen-bond donors (Lipinski definition) is 1. The summed E-state index contributed by atoms with van der Waals surface area (Å²) >= 11 is 0. The largest absolute Gasteiger partial charge is 0.342 e. The number of aromatic amines is 1. The zero-order valence-electron chi connectivity index (χ0n) is 9.14. The Balaban J connectivity index is 2.14. The van der Waals surface area contributed by atoms with Gasteiger partial charge in [-0.15, -0.1) is 0 Å². The van der Waals surface area contributed by atoms with E-state index < -0.39 is 11.6 Å². The maximum atomic E-state index is 13.4. The fraction of sp³-hybridized carbons (Fsp3) is 0.417. The van der Waals surface area contributed by atoms with Gasteiger partial charge in [-0.1, -0.05) is 13.8 Å². The zero-order chi connectivity index (χ0) is 11.5. The third-order valence-corrected chi connectivity index (χ3v) is 3.41. The number of imidazole rings is 1. The molecular weight excluding hydrogens is 210 g/mol. The molecule has 84 valence electrons. The van der Waals surface area contributed by atoms with Gasteiger partial charge in [-0.3, -0.25) is 0 Å². The molecule has 1 unspecified atom stereocenters. The fourth-order valence-corrected chi connectivity index (χ4v) is 2.14. The van der Waals surface area contributed by atoms with Gasteiger partial charge < -0.3 is 4.98 Å². The number of rotatable bonds is 1. The maximum Gasteiger partial charge on any atom is 0.186 e. The summed E-state index contributed by atoms with van der Waals surface area (Å²) in [6.07, 6.45) is 1.04. The summed E-state index contributed by atoms with van der Waals surface area (Å²) in [4.78, 5) is 7.22. The van der Waals surface area contributed by atoms with Crippen molar-refractivity contribution in [3.05, 3.63) is 29.6 Å². The van der Waals surface area contributed by atoms with Crippen LogP contribution in [0.3, 0.4) is 0 Å². The van der Waals surface area contributed by atoms with E-state index in [1.807, 2.05) is 0 Å². The molecule has 16 heavy (non-hydrogen) atoms. The van der Waals surface area contributed by atoms with Crippen molar-refractivity contribution in [2.24, 2.45) is 5.41 Å². The Bertz CT molecular complexity index is 572. The molecule has 0 bridgehead atoms. The number of halogens is 2. The fourth-order valence-electron chi connectivity index (χ4n) is 2.14. The van der Waals surface area contributed by atoms with Crippen LogP contribution in [0.4, 0.5) is 8.78 Å². The van der Waals surface area contributed by atoms with Crippen molar-refractivity contribution in [3.63, 3.8) is 0 Å². The topological polar surface area (TPSA) is 28.7 Å². The van der Waals surface area contributed by atoms with Crippen molar-refractivity contribution in [1.29, 1.82) is 0 Å². The quantitative estimate of drug-likeness (QED) is 0.787. The molecule has 1 aliphatic rings. The highest BCUT2D eigenvalue weighted by Crippen LogP contribution is 2.57. The molecule has 0 amide bonds. The van der Waals surface area contributed by atoms with Crippen LogP contribution in [0.15, 0.2) is 12.1 Å². The Kier molecular flexibility index (Phi) is 1.71. The van der Waals surface area contributed by atoms with Crippen molar-refractivity contribution in [2.75, 3.05) is 0 Å². The Morgan fingerprint density at radius 2 is 2.06 bits per heavy atom. The first kappa shape index (κ1) is 9.75. The minimum atomic E-state index is -0.863. The van der Waals surface area contributed by atoms with E-state index in [0.717, 1.165) is 18.3 Å². The lowest BCUT2D eigenvalue weighted by atomic mass is 10.1. The lowest BCUT2D eigenvalue weighted by Gasteiger charge is -1.97. The van der Waals surface area contributed by atoms with Crippen LogP contribution in [0, 0.1) is 17.0 Å². The zero-order valence-corrected chi connectivity index (χ0v) is 9.14. The predicted octanol–water partition coefficient (Wildman–Crippen LogP) is 3.35. The maximum absolute atomic E-state index is 13.4. The molecule has 1 aromatic heterocycles. The van der Waals surface area contributed by atoms with Crippen LogP contribution >= 0.6 is 0 Å². The van der Waals surface area contributed by atoms with E-state index in [-0.39, 0.29) is 10.9 Å². The molecule has 1 saturated carbocycles. The van der Waals surface area contributed by atoms with Gasteiger partial charge in [-0.05, 0) is 24.0 Å². The van der Waals surface area contributed by atoms with Gasteiger partial charge >= 0.3 is 0 Å². The van der Waals surface area contributed by atoms with Crippen LogP contribution in [0.5, 0.6) is 0 Å². The second-order valence-electron chi connectivity index (χ2n) is 5.12. The molecule has 3 rings (SSSR count). The molecule has 2 aromatic rings. The van der Waals surface area contributed by atoms with Gasteiger partial charge in [0.2, 0.25) is 0 Å². The molecule has 0 spiro atoms. The van der Waals surface area contributed by atoms with Gasteiger partial charge in [-0.2, -0.15) is 0 Å². The summed E-state index contributed by atoms with van der Waals surface area (Å²) in [6.45, 7) is 4.28. The summed E-state index contributed by atoms with van der Waals surface area (Å²) in [5, 5.41) is 0. The smallest absolute Gasteiger partial charge is 0.186 e. The molecule has 1 aliphatic carbocycles. The highest BCUT2D eigenvalue weighted by atomic mass is 19.2. The second-order valence-corrected chi connectivity index (χ2v) is 5.12. The van der Waals surface area contributed by atoms with E-state index in [0.29, 0.717) is 11.4 Å². The van der Waals surface area contributed by atoms with Crippen LogP contribution in [0.25, 0.3) is 11.0 Å². The highest BCUT2D eigenvalue weighted by Gasteiger charge is 2.48. The summed E-state index contributed by atoms with van der Waals surface area (Å²) in [6, 6.07) is 2.65. The third-order valence-electron chi connectivity index (χ3n) is 3.41. The SMILES string of the molecule is CC1(C)CC1c1nc2c(F)c(F)ccc2[nH]1. The Labute approximate surface area is 91.7 Å². The van der Waals surface area contributed by atoms with E-state index in [9.17, 15) is 8.78 Å². The molecule has 2 nitrogen and oxygen atoms in total. The molecule has 4 heteroatoms. The van der Waals surface area contributed by atoms with E-state index in [2.05, 4.69) is 23.8 Å². The second kappa shape index (κ2) is 2.81. The normalized spacial score (nSPS) is 22.6. The molecule has 1 atom stereocenters. The highest BCUT2D eigenvalue weighted by molar-refractivity contribution is 5.76. The van der Waals surface area contributed by atoms with E-state index >= 15 is 0 Å². The summed E-state index contributed by atoms with van der Waals surface area (Å²) in [5.41, 5.74) is 0.900. The van der Waals surface area contributed by atoms with Crippen LogP contribution in [-0.4, -0.2) is 9.97 Å². The lowest BCUT2D eigenvalue weighted by Crippen LogP contribution is -1.91. The monoisotopic (exact) mass is 222 g/mol. The average Bonchev–Trinajstić information content (AvgIpc) is 2.70. The van der Waals surface area contributed by atoms with Gasteiger partial charge in [0.1, 0.15) is 11.3 Å². The lowest BCUT2D eigenvalue weighted by molar-refractivity contribution is 0.515. The van der Waals surface area contributed by atoms with E-state index in [1.165, 1.54) is 6.07 Å². The Morgan fingerprint density at radius 1 is 1.38 bits per heavy atom. The van der Waals surface area contributed by atoms with Gasteiger partial charge in [0.05, 0.1) is 5.52 Å². The van der Waals surface area contributed by atoms with Crippen molar-refractivity contribution >= 4 is 11.0 Å². The number of nitrogens with one attached hydrogen (secondary N) is 1. The standard InChI is InChI=1S/C12H12F2N2/c1-12(2)5-6(12)11-15-8-4-3-7(13)9(14)10(8)16-11/h3-4,6H,5H2,1-2H3,(H,15,16). The third kappa shape index (κ3) is 1.25. The van der Waals surface area contributed by atoms with Gasteiger partial charge in [0.15, 0.2) is 11.6 Å². The Hall–Kier alpha value is -1.45. The number of benzene rings is 1. The molecule has 0 saturated heterocycles. The summed E-state index contributed by atoms with van der Waals surface area (Å²) in [7, 11) is 0. The first-order valence-corrected chi connectivity index (χ1v) is 5.33. The average molecular weight is 222 g/mol. The minimum absolute atomic E-state index is 0.109. The first-order valence-electron chi connectivity index (χ1n) is 5.33. The molecule has 1 aromatic carbocycles. The molecule has 0 radical (unpaired) electrons. The van der Waals surface area contributed by atoms with Crippen molar-refractivity contribution in [2.45, 2.75) is 26.2 Å². The van der Waals surface area contributed by atoms with Crippen molar-refractivity contribution in [1.82, 2.24) is 9.97 Å². The Morgan fingerprint density at radius 3 is 2.69 bits per heavy atom. The summed E-state index contributed by atoms with van der Waals surface area (Å²) in [5.74, 6) is -0.606. The summed E-state index contributed by atoms with van der Waals surface area (Å²) < 4.78 is 26.4. The molecule has 1 fully saturated rings. The number of H-pyrrole nitrogens is 1. The number of hydrogen-bond acceptors (Lipinski definition) is 1. The minimum Gasteiger partial charge on any atom is -0.342 e.